The van der Waals surface area contributed by atoms with Gasteiger partial charge in [0.15, 0.2) is 0 Å². The third-order valence-corrected chi connectivity index (χ3v) is 3.71. The monoisotopic (exact) mass is 312 g/mol. The average Bonchev–Trinajstić information content (AvgIpc) is 2.32. The molecule has 1 amide bonds. The summed E-state index contributed by atoms with van der Waals surface area (Å²) in [6.07, 6.45) is 3.10. The van der Waals surface area contributed by atoms with Crippen molar-refractivity contribution in [3.63, 3.8) is 0 Å². The third-order valence-electron chi connectivity index (χ3n) is 3.05. The van der Waals surface area contributed by atoms with Gasteiger partial charge in [0.2, 0.25) is 5.91 Å². The number of amides is 1. The van der Waals surface area contributed by atoms with Crippen molar-refractivity contribution in [1.29, 1.82) is 0 Å². The number of hydrogen-bond acceptors (Lipinski definition) is 2. The molecule has 100 valence electrons. The molecule has 1 atom stereocenters. The summed E-state index contributed by atoms with van der Waals surface area (Å²) in [5.41, 5.74) is 8.28. The average molecular weight is 313 g/mol. The van der Waals surface area contributed by atoms with Crippen LogP contribution in [0.3, 0.4) is 0 Å². The van der Waals surface area contributed by atoms with E-state index in [4.69, 9.17) is 5.73 Å². The van der Waals surface area contributed by atoms with Crippen LogP contribution < -0.4 is 11.1 Å². The first-order valence-corrected chi connectivity index (χ1v) is 7.11. The molecule has 0 aromatic heterocycles. The van der Waals surface area contributed by atoms with Gasteiger partial charge in [-0.1, -0.05) is 26.7 Å². The van der Waals surface area contributed by atoms with E-state index in [1.807, 2.05) is 19.9 Å². The van der Waals surface area contributed by atoms with Crippen LogP contribution in [0.25, 0.3) is 0 Å². The van der Waals surface area contributed by atoms with Gasteiger partial charge in [-0.05, 0) is 47.0 Å². The SMILES string of the molecule is CCCCC(C)C(=O)Nc1cc(N)c(C)cc1Br. The Morgan fingerprint density at radius 2 is 2.17 bits per heavy atom. The molecule has 3 nitrogen and oxygen atoms in total. The van der Waals surface area contributed by atoms with Crippen molar-refractivity contribution in [1.82, 2.24) is 0 Å². The largest absolute Gasteiger partial charge is 0.398 e. The maximum Gasteiger partial charge on any atom is 0.227 e. The first-order chi connectivity index (χ1) is 8.45. The number of rotatable bonds is 5. The number of aryl methyl sites for hydroxylation is 1. The minimum Gasteiger partial charge on any atom is -0.398 e. The molecule has 0 radical (unpaired) electrons. The van der Waals surface area contributed by atoms with Crippen molar-refractivity contribution in [2.24, 2.45) is 5.92 Å². The minimum absolute atomic E-state index is 0.0272. The highest BCUT2D eigenvalue weighted by Crippen LogP contribution is 2.28. The molecule has 1 unspecified atom stereocenters. The zero-order chi connectivity index (χ0) is 13.7. The summed E-state index contributed by atoms with van der Waals surface area (Å²) in [6, 6.07) is 3.71. The Kier molecular flexibility index (Phi) is 5.66. The smallest absolute Gasteiger partial charge is 0.227 e. The van der Waals surface area contributed by atoms with E-state index in [-0.39, 0.29) is 11.8 Å². The Morgan fingerprint density at radius 3 is 2.78 bits per heavy atom. The molecule has 0 bridgehead atoms. The van der Waals surface area contributed by atoms with E-state index < -0.39 is 0 Å². The Morgan fingerprint density at radius 1 is 1.50 bits per heavy atom. The fraction of sp³-hybridized carbons (Fsp3) is 0.500. The molecular formula is C14H21BrN2O. The number of carbonyl (C=O) groups excluding carboxylic acids is 1. The van der Waals surface area contributed by atoms with Gasteiger partial charge in [-0.25, -0.2) is 0 Å². The van der Waals surface area contributed by atoms with Crippen molar-refractivity contribution in [3.05, 3.63) is 22.2 Å². The van der Waals surface area contributed by atoms with Crippen LogP contribution in [0.5, 0.6) is 0 Å². The van der Waals surface area contributed by atoms with E-state index in [2.05, 4.69) is 28.2 Å². The Hall–Kier alpha value is -1.03. The van der Waals surface area contributed by atoms with Crippen LogP contribution in [0.4, 0.5) is 11.4 Å². The zero-order valence-electron chi connectivity index (χ0n) is 11.2. The van der Waals surface area contributed by atoms with E-state index >= 15 is 0 Å². The Labute approximate surface area is 117 Å². The highest BCUT2D eigenvalue weighted by atomic mass is 79.9. The van der Waals surface area contributed by atoms with Gasteiger partial charge >= 0.3 is 0 Å². The van der Waals surface area contributed by atoms with Gasteiger partial charge in [0.1, 0.15) is 0 Å². The molecule has 0 spiro atoms. The molecule has 0 fully saturated rings. The fourth-order valence-corrected chi connectivity index (χ4v) is 2.24. The van der Waals surface area contributed by atoms with Crippen LogP contribution >= 0.6 is 15.9 Å². The number of hydrogen-bond donors (Lipinski definition) is 2. The molecule has 0 saturated heterocycles. The first-order valence-electron chi connectivity index (χ1n) is 6.32. The summed E-state index contributed by atoms with van der Waals surface area (Å²) < 4.78 is 0.866. The summed E-state index contributed by atoms with van der Waals surface area (Å²) in [5.74, 6) is 0.0757. The molecule has 0 saturated carbocycles. The number of nitrogens with one attached hydrogen (secondary N) is 1. The lowest BCUT2D eigenvalue weighted by Gasteiger charge is -2.14. The van der Waals surface area contributed by atoms with Gasteiger partial charge < -0.3 is 11.1 Å². The van der Waals surface area contributed by atoms with Crippen molar-refractivity contribution in [2.75, 3.05) is 11.1 Å². The Balaban J connectivity index is 2.72. The first kappa shape index (κ1) is 15.0. The summed E-state index contributed by atoms with van der Waals surface area (Å²) in [7, 11) is 0. The standard InChI is InChI=1S/C14H21BrN2O/c1-4-5-6-9(2)14(18)17-13-8-12(16)10(3)7-11(13)15/h7-9H,4-6,16H2,1-3H3,(H,17,18). The molecule has 4 heteroatoms. The normalized spacial score (nSPS) is 12.2. The van der Waals surface area contributed by atoms with Gasteiger partial charge in [-0.2, -0.15) is 0 Å². The van der Waals surface area contributed by atoms with Crippen molar-refractivity contribution in [3.8, 4) is 0 Å². The molecule has 0 heterocycles. The maximum atomic E-state index is 12.0. The summed E-state index contributed by atoms with van der Waals surface area (Å²) in [5, 5.41) is 2.92. The quantitative estimate of drug-likeness (QED) is 0.804. The van der Waals surface area contributed by atoms with Crippen LogP contribution in [0.2, 0.25) is 0 Å². The number of anilines is 2. The van der Waals surface area contributed by atoms with Crippen LogP contribution in [0, 0.1) is 12.8 Å². The van der Waals surface area contributed by atoms with Gasteiger partial charge in [0.25, 0.3) is 0 Å². The van der Waals surface area contributed by atoms with Gasteiger partial charge in [-0.15, -0.1) is 0 Å². The number of unbranched alkanes of at least 4 members (excludes halogenated alkanes) is 1. The number of halogens is 1. The number of carbonyl (C=O) groups is 1. The summed E-state index contributed by atoms with van der Waals surface area (Å²) in [6.45, 7) is 6.02. The lowest BCUT2D eigenvalue weighted by atomic mass is 10.0. The number of nitrogen functional groups attached to an aromatic ring is 1. The molecule has 18 heavy (non-hydrogen) atoms. The van der Waals surface area contributed by atoms with Crippen LogP contribution in [0.1, 0.15) is 38.7 Å². The fourth-order valence-electron chi connectivity index (χ4n) is 1.68. The zero-order valence-corrected chi connectivity index (χ0v) is 12.8. The number of benzene rings is 1. The van der Waals surface area contributed by atoms with E-state index in [1.165, 1.54) is 0 Å². The topological polar surface area (TPSA) is 55.1 Å². The minimum atomic E-state index is 0.0272. The lowest BCUT2D eigenvalue weighted by Crippen LogP contribution is -2.20. The van der Waals surface area contributed by atoms with E-state index in [1.54, 1.807) is 6.07 Å². The molecular weight excluding hydrogens is 292 g/mol. The molecule has 0 aliphatic carbocycles. The van der Waals surface area contributed by atoms with Crippen molar-refractivity contribution < 1.29 is 4.79 Å². The van der Waals surface area contributed by atoms with Crippen LogP contribution in [0.15, 0.2) is 16.6 Å². The maximum absolute atomic E-state index is 12.0. The highest BCUT2D eigenvalue weighted by Gasteiger charge is 2.14. The summed E-state index contributed by atoms with van der Waals surface area (Å²) in [4.78, 5) is 12.0. The van der Waals surface area contributed by atoms with Gasteiger partial charge in [0, 0.05) is 16.1 Å². The molecule has 1 rings (SSSR count). The van der Waals surface area contributed by atoms with E-state index in [0.717, 1.165) is 35.0 Å². The van der Waals surface area contributed by atoms with E-state index in [0.29, 0.717) is 5.69 Å². The molecule has 1 aromatic rings. The van der Waals surface area contributed by atoms with Crippen molar-refractivity contribution in [2.45, 2.75) is 40.0 Å². The molecule has 0 aliphatic rings. The predicted molar refractivity (Wildman–Crippen MR) is 80.6 cm³/mol. The van der Waals surface area contributed by atoms with Gasteiger partial charge in [0.05, 0.1) is 5.69 Å². The molecule has 3 N–H and O–H groups in total. The second kappa shape index (κ2) is 6.78. The number of nitrogens with two attached hydrogens (primary N) is 1. The van der Waals surface area contributed by atoms with Crippen molar-refractivity contribution >= 4 is 33.2 Å². The Bertz CT molecular complexity index is 432. The predicted octanol–water partition coefficient (Wildman–Crippen LogP) is 4.10. The second-order valence-electron chi connectivity index (χ2n) is 4.72. The van der Waals surface area contributed by atoms with E-state index in [9.17, 15) is 4.79 Å². The lowest BCUT2D eigenvalue weighted by molar-refractivity contribution is -0.119. The second-order valence-corrected chi connectivity index (χ2v) is 5.58. The molecule has 1 aromatic carbocycles. The van der Waals surface area contributed by atoms with Gasteiger partial charge in [-0.3, -0.25) is 4.79 Å². The molecule has 0 aliphatic heterocycles. The summed E-state index contributed by atoms with van der Waals surface area (Å²) >= 11 is 3.44. The van der Waals surface area contributed by atoms with Crippen LogP contribution in [-0.4, -0.2) is 5.91 Å². The third kappa shape index (κ3) is 4.02. The highest BCUT2D eigenvalue weighted by molar-refractivity contribution is 9.10. The van der Waals surface area contributed by atoms with Crippen LogP contribution in [-0.2, 0) is 4.79 Å².